The second kappa shape index (κ2) is 4.90. The molecule has 5 heteroatoms. The van der Waals surface area contributed by atoms with Gasteiger partial charge in [0, 0.05) is 17.6 Å². The number of nitrogens with zero attached hydrogens (tertiary/aromatic N) is 1. The molecular weight excluding hydrogens is 258 g/mol. The van der Waals surface area contributed by atoms with Crippen molar-refractivity contribution in [2.45, 2.75) is 37.5 Å². The SMILES string of the molecule is O=C(O)[C@@H]1[C@H](O)C[C@H]2CC[C@@H]1N2C(=O)c1ccccc1. The maximum atomic E-state index is 12.6. The van der Waals surface area contributed by atoms with Gasteiger partial charge in [0.25, 0.3) is 5.91 Å². The average molecular weight is 275 g/mol. The first-order valence-electron chi connectivity index (χ1n) is 6.88. The second-order valence-corrected chi connectivity index (χ2v) is 5.54. The smallest absolute Gasteiger partial charge is 0.311 e. The van der Waals surface area contributed by atoms with E-state index in [-0.39, 0.29) is 11.9 Å². The molecule has 2 saturated heterocycles. The van der Waals surface area contributed by atoms with Crippen molar-refractivity contribution in [2.24, 2.45) is 5.92 Å². The summed E-state index contributed by atoms with van der Waals surface area (Å²) in [5.74, 6) is -2.02. The number of carboxylic acid groups (broad SMARTS) is 1. The summed E-state index contributed by atoms with van der Waals surface area (Å²) >= 11 is 0. The Morgan fingerprint density at radius 1 is 1.15 bits per heavy atom. The van der Waals surface area contributed by atoms with Crippen LogP contribution < -0.4 is 0 Å². The highest BCUT2D eigenvalue weighted by atomic mass is 16.4. The number of aliphatic hydroxyl groups excluding tert-OH is 1. The molecule has 1 aromatic rings. The van der Waals surface area contributed by atoms with Crippen LogP contribution in [0.25, 0.3) is 0 Å². The molecule has 0 spiro atoms. The van der Waals surface area contributed by atoms with Crippen molar-refractivity contribution in [1.82, 2.24) is 4.90 Å². The molecule has 2 heterocycles. The Morgan fingerprint density at radius 3 is 2.50 bits per heavy atom. The maximum absolute atomic E-state index is 12.6. The van der Waals surface area contributed by atoms with Crippen molar-refractivity contribution in [2.75, 3.05) is 0 Å². The Hall–Kier alpha value is -1.88. The van der Waals surface area contributed by atoms with E-state index < -0.39 is 24.0 Å². The molecule has 2 bridgehead atoms. The van der Waals surface area contributed by atoms with Gasteiger partial charge in [0.1, 0.15) is 5.92 Å². The van der Waals surface area contributed by atoms with Gasteiger partial charge in [-0.25, -0.2) is 0 Å². The van der Waals surface area contributed by atoms with E-state index in [0.717, 1.165) is 6.42 Å². The van der Waals surface area contributed by atoms with Crippen LogP contribution >= 0.6 is 0 Å². The summed E-state index contributed by atoms with van der Waals surface area (Å²) in [4.78, 5) is 25.6. The minimum atomic E-state index is -1.02. The number of rotatable bonds is 2. The molecule has 0 radical (unpaired) electrons. The van der Waals surface area contributed by atoms with Gasteiger partial charge in [-0.15, -0.1) is 0 Å². The second-order valence-electron chi connectivity index (χ2n) is 5.54. The largest absolute Gasteiger partial charge is 0.481 e. The molecule has 4 atom stereocenters. The number of piperidine rings is 1. The Labute approximate surface area is 116 Å². The van der Waals surface area contributed by atoms with Gasteiger partial charge in [0.2, 0.25) is 0 Å². The molecule has 3 rings (SSSR count). The quantitative estimate of drug-likeness (QED) is 0.848. The zero-order valence-corrected chi connectivity index (χ0v) is 11.0. The molecular formula is C15H17NO4. The van der Waals surface area contributed by atoms with Gasteiger partial charge in [-0.1, -0.05) is 18.2 Å². The van der Waals surface area contributed by atoms with Crippen LogP contribution in [0.3, 0.4) is 0 Å². The lowest BCUT2D eigenvalue weighted by Gasteiger charge is -2.41. The molecule has 1 amide bonds. The van der Waals surface area contributed by atoms with E-state index in [4.69, 9.17) is 0 Å². The molecule has 2 N–H and O–H groups in total. The van der Waals surface area contributed by atoms with Crippen LogP contribution in [-0.4, -0.2) is 45.2 Å². The van der Waals surface area contributed by atoms with E-state index in [9.17, 15) is 19.8 Å². The topological polar surface area (TPSA) is 77.8 Å². The minimum Gasteiger partial charge on any atom is -0.481 e. The number of hydrogen-bond donors (Lipinski definition) is 2. The highest BCUT2D eigenvalue weighted by Gasteiger charge is 2.51. The van der Waals surface area contributed by atoms with Gasteiger partial charge >= 0.3 is 5.97 Å². The average Bonchev–Trinajstić information content (AvgIpc) is 2.74. The van der Waals surface area contributed by atoms with Gasteiger partial charge in [-0.2, -0.15) is 0 Å². The third-order valence-corrected chi connectivity index (χ3v) is 4.43. The van der Waals surface area contributed by atoms with Crippen LogP contribution in [0, 0.1) is 5.92 Å². The summed E-state index contributed by atoms with van der Waals surface area (Å²) in [6.45, 7) is 0. The molecule has 0 unspecified atom stereocenters. The van der Waals surface area contributed by atoms with E-state index in [2.05, 4.69) is 0 Å². The third kappa shape index (κ3) is 1.98. The number of aliphatic hydroxyl groups is 1. The van der Waals surface area contributed by atoms with Gasteiger partial charge in [0.05, 0.1) is 6.10 Å². The first kappa shape index (κ1) is 13.1. The lowest BCUT2D eigenvalue weighted by atomic mass is 9.87. The fraction of sp³-hybridized carbons (Fsp3) is 0.467. The number of hydrogen-bond acceptors (Lipinski definition) is 3. The van der Waals surface area contributed by atoms with Crippen LogP contribution in [0.2, 0.25) is 0 Å². The summed E-state index contributed by atoms with van der Waals surface area (Å²) < 4.78 is 0. The number of carbonyl (C=O) groups excluding carboxylic acids is 1. The Balaban J connectivity index is 1.91. The molecule has 0 saturated carbocycles. The Kier molecular flexibility index (Phi) is 3.22. The van der Waals surface area contributed by atoms with E-state index >= 15 is 0 Å². The summed E-state index contributed by atoms with van der Waals surface area (Å²) in [5, 5.41) is 19.3. The molecule has 0 aliphatic carbocycles. The van der Waals surface area contributed by atoms with Crippen molar-refractivity contribution < 1.29 is 19.8 Å². The number of fused-ring (bicyclic) bond motifs is 2. The summed E-state index contributed by atoms with van der Waals surface area (Å²) in [7, 11) is 0. The van der Waals surface area contributed by atoms with E-state index in [1.807, 2.05) is 6.07 Å². The maximum Gasteiger partial charge on any atom is 0.311 e. The zero-order valence-electron chi connectivity index (χ0n) is 11.0. The first-order valence-corrected chi connectivity index (χ1v) is 6.88. The number of carbonyl (C=O) groups is 2. The Bertz CT molecular complexity index is 530. The fourth-order valence-corrected chi connectivity index (χ4v) is 3.55. The van der Waals surface area contributed by atoms with Crippen LogP contribution in [0.5, 0.6) is 0 Å². The summed E-state index contributed by atoms with van der Waals surface area (Å²) in [5.41, 5.74) is 0.574. The molecule has 20 heavy (non-hydrogen) atoms. The first-order chi connectivity index (χ1) is 9.59. The Morgan fingerprint density at radius 2 is 1.85 bits per heavy atom. The molecule has 2 fully saturated rings. The number of carboxylic acids is 1. The van der Waals surface area contributed by atoms with Crippen molar-refractivity contribution >= 4 is 11.9 Å². The predicted molar refractivity (Wildman–Crippen MR) is 71.2 cm³/mol. The highest BCUT2D eigenvalue weighted by molar-refractivity contribution is 5.95. The minimum absolute atomic E-state index is 0.0432. The van der Waals surface area contributed by atoms with Crippen molar-refractivity contribution in [3.05, 3.63) is 35.9 Å². The number of amides is 1. The lowest BCUT2D eigenvalue weighted by molar-refractivity contribution is -0.151. The van der Waals surface area contributed by atoms with E-state index in [0.29, 0.717) is 18.4 Å². The third-order valence-electron chi connectivity index (χ3n) is 4.43. The molecule has 2 aliphatic heterocycles. The van der Waals surface area contributed by atoms with E-state index in [1.54, 1.807) is 29.2 Å². The molecule has 5 nitrogen and oxygen atoms in total. The van der Waals surface area contributed by atoms with Gasteiger partial charge in [-0.3, -0.25) is 9.59 Å². The van der Waals surface area contributed by atoms with Crippen LogP contribution in [0.4, 0.5) is 0 Å². The fourth-order valence-electron chi connectivity index (χ4n) is 3.55. The molecule has 0 aromatic heterocycles. The van der Waals surface area contributed by atoms with Crippen molar-refractivity contribution in [3.8, 4) is 0 Å². The molecule has 2 aliphatic rings. The highest BCUT2D eigenvalue weighted by Crippen LogP contribution is 2.40. The van der Waals surface area contributed by atoms with Gasteiger partial charge in [-0.05, 0) is 31.4 Å². The zero-order chi connectivity index (χ0) is 14.3. The standard InChI is InChI=1S/C15H17NO4/c17-12-8-10-6-7-11(13(12)15(19)20)16(10)14(18)9-4-2-1-3-5-9/h1-5,10-13,17H,6-8H2,(H,19,20)/t10-,11+,12-,13+/m1/s1. The summed E-state index contributed by atoms with van der Waals surface area (Å²) in [6, 6.07) is 8.47. The normalized spacial score (nSPS) is 32.1. The summed E-state index contributed by atoms with van der Waals surface area (Å²) in [6.07, 6.45) is 0.915. The van der Waals surface area contributed by atoms with E-state index in [1.165, 1.54) is 0 Å². The molecule has 106 valence electrons. The van der Waals surface area contributed by atoms with Gasteiger partial charge < -0.3 is 15.1 Å². The van der Waals surface area contributed by atoms with Crippen LogP contribution in [-0.2, 0) is 4.79 Å². The monoisotopic (exact) mass is 275 g/mol. The van der Waals surface area contributed by atoms with Gasteiger partial charge in [0.15, 0.2) is 0 Å². The van der Waals surface area contributed by atoms with Crippen molar-refractivity contribution in [3.63, 3.8) is 0 Å². The molecule has 1 aromatic carbocycles. The van der Waals surface area contributed by atoms with Crippen molar-refractivity contribution in [1.29, 1.82) is 0 Å². The predicted octanol–water partition coefficient (Wildman–Crippen LogP) is 1.13. The number of benzene rings is 1. The van der Waals surface area contributed by atoms with Crippen LogP contribution in [0.1, 0.15) is 29.6 Å². The lowest BCUT2D eigenvalue weighted by Crippen LogP contribution is -2.55. The van der Waals surface area contributed by atoms with Crippen LogP contribution in [0.15, 0.2) is 30.3 Å². The number of aliphatic carboxylic acids is 1.